The zero-order valence-electron chi connectivity index (χ0n) is 14.9. The number of aromatic nitrogens is 2. The molecule has 1 aromatic heterocycles. The first-order valence-corrected chi connectivity index (χ1v) is 9.54. The molecule has 2 aliphatic heterocycles. The molecule has 1 aliphatic carbocycles. The summed E-state index contributed by atoms with van der Waals surface area (Å²) in [6.07, 6.45) is 6.12. The van der Waals surface area contributed by atoms with Gasteiger partial charge in [-0.05, 0) is 19.3 Å². The van der Waals surface area contributed by atoms with Crippen molar-refractivity contribution in [2.45, 2.75) is 37.7 Å². The van der Waals surface area contributed by atoms with Gasteiger partial charge in [-0.2, -0.15) is 0 Å². The van der Waals surface area contributed by atoms with Crippen molar-refractivity contribution in [3.63, 3.8) is 0 Å². The van der Waals surface area contributed by atoms with Gasteiger partial charge in [-0.15, -0.1) is 0 Å². The number of carbonyl (C=O) groups is 1. The first kappa shape index (κ1) is 15.9. The summed E-state index contributed by atoms with van der Waals surface area (Å²) in [6, 6.07) is 10.1. The molecular formula is C21H23N3O2. The van der Waals surface area contributed by atoms with Crippen LogP contribution >= 0.6 is 0 Å². The van der Waals surface area contributed by atoms with Crippen LogP contribution in [0, 0.1) is 5.92 Å². The first-order chi connectivity index (χ1) is 12.8. The predicted octanol–water partition coefficient (Wildman–Crippen LogP) is 2.94. The Labute approximate surface area is 153 Å². The molecule has 1 saturated heterocycles. The number of carbonyl (C=O) groups excluding carboxylic acids is 1. The molecule has 5 nitrogen and oxygen atoms in total. The van der Waals surface area contributed by atoms with Crippen molar-refractivity contribution in [2.75, 3.05) is 19.7 Å². The van der Waals surface area contributed by atoms with Crippen LogP contribution < -0.4 is 0 Å². The van der Waals surface area contributed by atoms with E-state index >= 15 is 0 Å². The molecule has 1 saturated carbocycles. The number of amides is 1. The van der Waals surface area contributed by atoms with E-state index in [-0.39, 0.29) is 11.3 Å². The Kier molecular flexibility index (Phi) is 3.78. The Bertz CT molecular complexity index is 834. The largest absolute Gasteiger partial charge is 0.376 e. The number of fused-ring (bicyclic) bond motifs is 2. The predicted molar refractivity (Wildman–Crippen MR) is 97.3 cm³/mol. The van der Waals surface area contributed by atoms with Gasteiger partial charge in [-0.1, -0.05) is 36.8 Å². The minimum Gasteiger partial charge on any atom is -0.376 e. The molecule has 134 valence electrons. The highest BCUT2D eigenvalue weighted by molar-refractivity contribution is 5.80. The minimum atomic E-state index is -0.181. The van der Waals surface area contributed by atoms with Crippen molar-refractivity contribution in [1.82, 2.24) is 14.9 Å². The zero-order valence-corrected chi connectivity index (χ0v) is 14.9. The number of hydrogen-bond donors (Lipinski definition) is 0. The number of rotatable bonds is 2. The highest BCUT2D eigenvalue weighted by Gasteiger charge is 2.47. The first-order valence-electron chi connectivity index (χ1n) is 9.54. The second-order valence-electron chi connectivity index (χ2n) is 7.84. The third kappa shape index (κ3) is 2.53. The van der Waals surface area contributed by atoms with Gasteiger partial charge >= 0.3 is 0 Å². The van der Waals surface area contributed by atoms with Gasteiger partial charge in [0.05, 0.1) is 24.3 Å². The van der Waals surface area contributed by atoms with E-state index in [1.165, 1.54) is 6.42 Å². The zero-order chi connectivity index (χ0) is 17.6. The highest BCUT2D eigenvalue weighted by atomic mass is 16.5. The number of likely N-dealkylation sites (tertiary alicyclic amines) is 1. The van der Waals surface area contributed by atoms with Gasteiger partial charge in [0.25, 0.3) is 0 Å². The van der Waals surface area contributed by atoms with Crippen LogP contribution in [0.5, 0.6) is 0 Å². The molecule has 1 aromatic carbocycles. The van der Waals surface area contributed by atoms with E-state index in [0.29, 0.717) is 19.1 Å². The van der Waals surface area contributed by atoms with Gasteiger partial charge in [0.15, 0.2) is 5.82 Å². The normalized spacial score (nSPS) is 25.2. The van der Waals surface area contributed by atoms with E-state index in [2.05, 4.69) is 4.98 Å². The maximum absolute atomic E-state index is 12.7. The van der Waals surface area contributed by atoms with Gasteiger partial charge in [-0.25, -0.2) is 9.97 Å². The lowest BCUT2D eigenvalue weighted by molar-refractivity contribution is -0.137. The topological polar surface area (TPSA) is 55.3 Å². The maximum Gasteiger partial charge on any atom is 0.225 e. The maximum atomic E-state index is 12.7. The minimum absolute atomic E-state index is 0.181. The van der Waals surface area contributed by atoms with E-state index in [4.69, 9.17) is 9.72 Å². The molecule has 26 heavy (non-hydrogen) atoms. The summed E-state index contributed by atoms with van der Waals surface area (Å²) in [4.78, 5) is 24.3. The molecule has 3 aliphatic rings. The summed E-state index contributed by atoms with van der Waals surface area (Å²) in [6.45, 7) is 2.73. The van der Waals surface area contributed by atoms with Crippen molar-refractivity contribution < 1.29 is 9.53 Å². The molecule has 0 radical (unpaired) electrons. The van der Waals surface area contributed by atoms with Crippen molar-refractivity contribution in [3.8, 4) is 11.4 Å². The quantitative estimate of drug-likeness (QED) is 0.836. The van der Waals surface area contributed by atoms with Crippen molar-refractivity contribution >= 4 is 5.91 Å². The van der Waals surface area contributed by atoms with Gasteiger partial charge in [0.1, 0.15) is 0 Å². The summed E-state index contributed by atoms with van der Waals surface area (Å²) in [5.41, 5.74) is 2.99. The fourth-order valence-corrected chi connectivity index (χ4v) is 4.41. The van der Waals surface area contributed by atoms with Gasteiger partial charge < -0.3 is 9.64 Å². The smallest absolute Gasteiger partial charge is 0.225 e. The Morgan fingerprint density at radius 1 is 1.23 bits per heavy atom. The van der Waals surface area contributed by atoms with Crippen molar-refractivity contribution in [2.24, 2.45) is 5.92 Å². The Hall–Kier alpha value is -2.27. The number of ether oxygens (including phenoxy) is 1. The van der Waals surface area contributed by atoms with Crippen LogP contribution in [-0.2, 0) is 21.6 Å². The van der Waals surface area contributed by atoms with Crippen molar-refractivity contribution in [3.05, 3.63) is 47.8 Å². The summed E-state index contributed by atoms with van der Waals surface area (Å²) >= 11 is 0. The fourth-order valence-electron chi connectivity index (χ4n) is 4.41. The highest BCUT2D eigenvalue weighted by Crippen LogP contribution is 2.41. The lowest BCUT2D eigenvalue weighted by atomic mass is 9.80. The van der Waals surface area contributed by atoms with E-state index in [0.717, 1.165) is 55.0 Å². The van der Waals surface area contributed by atoms with Gasteiger partial charge in [-0.3, -0.25) is 4.79 Å². The van der Waals surface area contributed by atoms with E-state index in [1.54, 1.807) is 0 Å². The van der Waals surface area contributed by atoms with Crippen LogP contribution in [0.25, 0.3) is 11.4 Å². The number of hydrogen-bond acceptors (Lipinski definition) is 4. The fraction of sp³-hybridized carbons (Fsp3) is 0.476. The Morgan fingerprint density at radius 3 is 2.85 bits per heavy atom. The van der Waals surface area contributed by atoms with E-state index < -0.39 is 0 Å². The molecule has 2 aromatic rings. The monoisotopic (exact) mass is 349 g/mol. The summed E-state index contributed by atoms with van der Waals surface area (Å²) < 4.78 is 5.89. The van der Waals surface area contributed by atoms with Crippen LogP contribution in [-0.4, -0.2) is 40.5 Å². The van der Waals surface area contributed by atoms with Gasteiger partial charge in [0.2, 0.25) is 5.91 Å². The Morgan fingerprint density at radius 2 is 2.08 bits per heavy atom. The standard InChI is InChI=1S/C21H23N3O2/c25-20(16-7-4-8-16)24-10-9-21(13-24)14-26-12-17-11-22-19(23-18(17)21)15-5-2-1-3-6-15/h1-3,5-6,11,16H,4,7-10,12-14H2/t21-/m0/s1. The van der Waals surface area contributed by atoms with Crippen LogP contribution in [0.1, 0.15) is 36.9 Å². The molecule has 5 rings (SSSR count). The third-order valence-corrected chi connectivity index (χ3v) is 6.15. The van der Waals surface area contributed by atoms with Crippen LogP contribution in [0.15, 0.2) is 36.5 Å². The molecule has 0 N–H and O–H groups in total. The summed E-state index contributed by atoms with van der Waals surface area (Å²) in [5.74, 6) is 1.34. The number of benzene rings is 1. The lowest BCUT2D eigenvalue weighted by Crippen LogP contribution is -2.43. The molecule has 3 heterocycles. The van der Waals surface area contributed by atoms with Crippen LogP contribution in [0.4, 0.5) is 0 Å². The van der Waals surface area contributed by atoms with Crippen LogP contribution in [0.3, 0.4) is 0 Å². The molecule has 1 amide bonds. The SMILES string of the molecule is O=C(C1CCC1)N1CC[C@@]2(COCc3cnc(-c4ccccc4)nc32)C1. The molecule has 1 spiro atoms. The second kappa shape index (κ2) is 6.16. The molecule has 5 heteroatoms. The Balaban J connectivity index is 1.48. The second-order valence-corrected chi connectivity index (χ2v) is 7.84. The van der Waals surface area contributed by atoms with Gasteiger partial charge in [0, 0.05) is 36.3 Å². The summed E-state index contributed by atoms with van der Waals surface area (Å²) in [7, 11) is 0. The number of nitrogens with zero attached hydrogens (tertiary/aromatic N) is 3. The summed E-state index contributed by atoms with van der Waals surface area (Å²) in [5, 5.41) is 0. The lowest BCUT2D eigenvalue weighted by Gasteiger charge is -2.35. The van der Waals surface area contributed by atoms with E-state index in [9.17, 15) is 4.79 Å². The van der Waals surface area contributed by atoms with Crippen LogP contribution in [0.2, 0.25) is 0 Å². The molecular weight excluding hydrogens is 326 g/mol. The molecule has 0 unspecified atom stereocenters. The average molecular weight is 349 g/mol. The molecule has 0 bridgehead atoms. The average Bonchev–Trinajstić information content (AvgIpc) is 3.06. The van der Waals surface area contributed by atoms with Crippen molar-refractivity contribution in [1.29, 1.82) is 0 Å². The third-order valence-electron chi connectivity index (χ3n) is 6.15. The molecule has 1 atom stereocenters. The van der Waals surface area contributed by atoms with E-state index in [1.807, 2.05) is 41.4 Å². The molecule has 2 fully saturated rings.